The van der Waals surface area contributed by atoms with Crippen LogP contribution in [-0.4, -0.2) is 19.7 Å². The van der Waals surface area contributed by atoms with Crippen molar-refractivity contribution in [2.24, 2.45) is 0 Å². The lowest BCUT2D eigenvalue weighted by atomic mass is 10.1. The molecule has 1 N–H and O–H groups in total. The predicted molar refractivity (Wildman–Crippen MR) is 95.8 cm³/mol. The van der Waals surface area contributed by atoms with Gasteiger partial charge < -0.3 is 9.40 Å². The Labute approximate surface area is 156 Å². The number of furan rings is 1. The number of nitrogens with one attached hydrogen (secondary N) is 1. The zero-order chi connectivity index (χ0) is 20.1. The maximum absolute atomic E-state index is 12.8. The van der Waals surface area contributed by atoms with Gasteiger partial charge in [0.2, 0.25) is 0 Å². The smallest absolute Gasteiger partial charge is 0.416 e. The van der Waals surface area contributed by atoms with Gasteiger partial charge in [0.25, 0.3) is 5.56 Å². The molecule has 0 saturated carbocycles. The minimum atomic E-state index is -4.40. The van der Waals surface area contributed by atoms with Crippen molar-refractivity contribution in [3.8, 4) is 11.5 Å². The molecule has 144 valence electrons. The number of rotatable bonds is 3. The molecule has 0 radical (unpaired) electrons. The number of alkyl halides is 3. The molecule has 3 heterocycles. The molecule has 28 heavy (non-hydrogen) atoms. The van der Waals surface area contributed by atoms with Gasteiger partial charge in [0.1, 0.15) is 16.9 Å². The first-order chi connectivity index (χ1) is 13.3. The van der Waals surface area contributed by atoms with E-state index in [9.17, 15) is 18.0 Å². The highest BCUT2D eigenvalue weighted by molar-refractivity contribution is 5.89. The normalized spacial score (nSPS) is 13.2. The Balaban J connectivity index is 1.88. The van der Waals surface area contributed by atoms with Crippen LogP contribution < -0.4 is 5.56 Å². The Kier molecular flexibility index (Phi) is 4.10. The van der Waals surface area contributed by atoms with E-state index in [1.807, 2.05) is 0 Å². The van der Waals surface area contributed by atoms with Gasteiger partial charge in [-0.1, -0.05) is 12.1 Å². The van der Waals surface area contributed by atoms with Crippen LogP contribution in [0.3, 0.4) is 0 Å². The van der Waals surface area contributed by atoms with Crippen molar-refractivity contribution in [3.63, 3.8) is 0 Å². The molecular formula is C19H15F3N4O2. The molecule has 1 unspecified atom stereocenters. The molecule has 1 aromatic carbocycles. The SMILES string of the molecule is Cc1nc2c(c(-c3ccco3)nn2C(C)c2ccc(C(F)(F)F)cc2)c(=O)[nH]1. The first-order valence-corrected chi connectivity index (χ1v) is 8.46. The van der Waals surface area contributed by atoms with E-state index < -0.39 is 17.8 Å². The highest BCUT2D eigenvalue weighted by atomic mass is 19.4. The number of aromatic amines is 1. The maximum atomic E-state index is 12.8. The topological polar surface area (TPSA) is 76.7 Å². The monoisotopic (exact) mass is 388 g/mol. The second-order valence-corrected chi connectivity index (χ2v) is 6.42. The van der Waals surface area contributed by atoms with Crippen molar-refractivity contribution >= 4 is 11.0 Å². The van der Waals surface area contributed by atoms with Crippen LogP contribution in [0.2, 0.25) is 0 Å². The zero-order valence-electron chi connectivity index (χ0n) is 14.9. The zero-order valence-corrected chi connectivity index (χ0v) is 14.9. The third-order valence-electron chi connectivity index (χ3n) is 4.52. The maximum Gasteiger partial charge on any atom is 0.416 e. The average molecular weight is 388 g/mol. The Morgan fingerprint density at radius 2 is 1.89 bits per heavy atom. The minimum absolute atomic E-state index is 0.263. The van der Waals surface area contributed by atoms with E-state index in [1.165, 1.54) is 23.1 Å². The summed E-state index contributed by atoms with van der Waals surface area (Å²) in [5, 5.41) is 4.76. The summed E-state index contributed by atoms with van der Waals surface area (Å²) < 4.78 is 45.4. The lowest BCUT2D eigenvalue weighted by Crippen LogP contribution is -2.13. The molecule has 0 aliphatic heterocycles. The van der Waals surface area contributed by atoms with Crippen LogP contribution >= 0.6 is 0 Å². The van der Waals surface area contributed by atoms with Crippen LogP contribution in [0.25, 0.3) is 22.5 Å². The molecule has 0 saturated heterocycles. The van der Waals surface area contributed by atoms with Gasteiger partial charge in [0.15, 0.2) is 11.4 Å². The van der Waals surface area contributed by atoms with Crippen LogP contribution in [0, 0.1) is 6.92 Å². The number of aryl methyl sites for hydroxylation is 1. The molecule has 0 fully saturated rings. The van der Waals surface area contributed by atoms with Crippen molar-refractivity contribution in [3.05, 3.63) is 70.0 Å². The lowest BCUT2D eigenvalue weighted by Gasteiger charge is -2.15. The molecule has 1 atom stereocenters. The lowest BCUT2D eigenvalue weighted by molar-refractivity contribution is -0.137. The highest BCUT2D eigenvalue weighted by Crippen LogP contribution is 2.32. The molecule has 9 heteroatoms. The quantitative estimate of drug-likeness (QED) is 0.567. The summed E-state index contributed by atoms with van der Waals surface area (Å²) in [5.41, 5.74) is 0.172. The fourth-order valence-electron chi connectivity index (χ4n) is 3.10. The Morgan fingerprint density at radius 3 is 2.50 bits per heavy atom. The Hall–Kier alpha value is -3.36. The third kappa shape index (κ3) is 2.98. The van der Waals surface area contributed by atoms with E-state index in [0.717, 1.165) is 12.1 Å². The molecule has 4 rings (SSSR count). The number of aromatic nitrogens is 4. The fraction of sp³-hybridized carbons (Fsp3) is 0.211. The van der Waals surface area contributed by atoms with Crippen molar-refractivity contribution in [2.45, 2.75) is 26.1 Å². The molecule has 4 aromatic rings. The van der Waals surface area contributed by atoms with E-state index in [2.05, 4.69) is 15.1 Å². The molecule has 0 spiro atoms. The summed E-state index contributed by atoms with van der Waals surface area (Å²) in [6, 6.07) is 7.74. The second-order valence-electron chi connectivity index (χ2n) is 6.42. The van der Waals surface area contributed by atoms with Gasteiger partial charge in [0.05, 0.1) is 17.9 Å². The number of H-pyrrole nitrogens is 1. The number of fused-ring (bicyclic) bond motifs is 1. The van der Waals surface area contributed by atoms with Crippen LogP contribution in [0.5, 0.6) is 0 Å². The molecule has 0 bridgehead atoms. The van der Waals surface area contributed by atoms with E-state index in [4.69, 9.17) is 4.42 Å². The number of nitrogens with zero attached hydrogens (tertiary/aromatic N) is 3. The van der Waals surface area contributed by atoms with Crippen molar-refractivity contribution in [2.75, 3.05) is 0 Å². The second kappa shape index (κ2) is 6.36. The molecule has 0 amide bonds. The van der Waals surface area contributed by atoms with E-state index in [1.54, 1.807) is 26.0 Å². The van der Waals surface area contributed by atoms with Gasteiger partial charge >= 0.3 is 6.18 Å². The van der Waals surface area contributed by atoms with E-state index in [0.29, 0.717) is 28.5 Å². The standard InChI is InChI=1S/C19H15F3N4O2/c1-10(12-5-7-13(8-6-12)19(20,21)22)26-17-15(18(27)24-11(2)23-17)16(25-26)14-4-3-9-28-14/h3-10H,1-2H3,(H,23,24,27). The summed E-state index contributed by atoms with van der Waals surface area (Å²) >= 11 is 0. The summed E-state index contributed by atoms with van der Waals surface area (Å²) in [6.07, 6.45) is -2.94. The molecule has 6 nitrogen and oxygen atoms in total. The summed E-state index contributed by atoms with van der Waals surface area (Å²) in [7, 11) is 0. The van der Waals surface area contributed by atoms with Crippen LogP contribution in [0.15, 0.2) is 51.9 Å². The Bertz CT molecular complexity index is 1190. The van der Waals surface area contributed by atoms with E-state index in [-0.39, 0.29) is 10.9 Å². The molecule has 0 aliphatic rings. The van der Waals surface area contributed by atoms with Crippen molar-refractivity contribution in [1.82, 2.24) is 19.7 Å². The summed E-state index contributed by atoms with van der Waals surface area (Å²) in [4.78, 5) is 19.6. The van der Waals surface area contributed by atoms with Gasteiger partial charge in [-0.25, -0.2) is 9.67 Å². The third-order valence-corrected chi connectivity index (χ3v) is 4.52. The number of hydrogen-bond donors (Lipinski definition) is 1. The first kappa shape index (κ1) is 18.0. The first-order valence-electron chi connectivity index (χ1n) is 8.46. The summed E-state index contributed by atoms with van der Waals surface area (Å²) in [6.45, 7) is 3.42. The molecule has 0 aliphatic carbocycles. The van der Waals surface area contributed by atoms with Gasteiger partial charge in [-0.2, -0.15) is 18.3 Å². The Morgan fingerprint density at radius 1 is 1.18 bits per heavy atom. The van der Waals surface area contributed by atoms with Crippen molar-refractivity contribution in [1.29, 1.82) is 0 Å². The molecular weight excluding hydrogens is 373 g/mol. The van der Waals surface area contributed by atoms with E-state index >= 15 is 0 Å². The van der Waals surface area contributed by atoms with Crippen LogP contribution in [0.4, 0.5) is 13.2 Å². The number of benzene rings is 1. The predicted octanol–water partition coefficient (Wildman–Crippen LogP) is 4.32. The minimum Gasteiger partial charge on any atom is -0.463 e. The van der Waals surface area contributed by atoms with Crippen molar-refractivity contribution < 1.29 is 17.6 Å². The number of hydrogen-bond acceptors (Lipinski definition) is 4. The molecule has 3 aromatic heterocycles. The fourth-order valence-corrected chi connectivity index (χ4v) is 3.10. The van der Waals surface area contributed by atoms with Gasteiger partial charge in [-0.3, -0.25) is 4.79 Å². The van der Waals surface area contributed by atoms with Crippen LogP contribution in [0.1, 0.15) is 29.9 Å². The largest absolute Gasteiger partial charge is 0.463 e. The highest BCUT2D eigenvalue weighted by Gasteiger charge is 2.30. The number of halogens is 3. The summed E-state index contributed by atoms with van der Waals surface area (Å²) in [5.74, 6) is 0.809. The van der Waals surface area contributed by atoms with Crippen LogP contribution in [-0.2, 0) is 6.18 Å². The average Bonchev–Trinajstić information content (AvgIpc) is 3.28. The van der Waals surface area contributed by atoms with Gasteiger partial charge in [0, 0.05) is 0 Å². The van der Waals surface area contributed by atoms with Gasteiger partial charge in [-0.15, -0.1) is 0 Å². The van der Waals surface area contributed by atoms with Gasteiger partial charge in [-0.05, 0) is 43.7 Å².